The molecular weight excluding hydrogens is 396 g/mol. The van der Waals surface area contributed by atoms with E-state index in [9.17, 15) is 9.59 Å². The van der Waals surface area contributed by atoms with Crippen LogP contribution in [-0.4, -0.2) is 46.0 Å². The molecule has 0 aliphatic carbocycles. The van der Waals surface area contributed by atoms with E-state index in [0.29, 0.717) is 31.6 Å². The molecule has 0 spiro atoms. The number of rotatable bonds is 4. The predicted octanol–water partition coefficient (Wildman–Crippen LogP) is 3.22. The average Bonchev–Trinajstić information content (AvgIpc) is 3.11. The number of hydrogen-bond donors (Lipinski definition) is 2. The van der Waals surface area contributed by atoms with Gasteiger partial charge in [0.1, 0.15) is 5.69 Å². The fourth-order valence-corrected chi connectivity index (χ4v) is 3.38. The van der Waals surface area contributed by atoms with Gasteiger partial charge in [-0.3, -0.25) is 14.7 Å². The number of carbonyl (C=O) groups excluding carboxylic acids is 2. The van der Waals surface area contributed by atoms with Gasteiger partial charge in [0.2, 0.25) is 5.91 Å². The van der Waals surface area contributed by atoms with Crippen LogP contribution in [-0.2, 0) is 4.79 Å². The topological polar surface area (TPSA) is 78.1 Å². The molecule has 138 valence electrons. The molecule has 0 unspecified atom stereocenters. The maximum Gasteiger partial charge on any atom is 0.271 e. The lowest BCUT2D eigenvalue weighted by Gasteiger charge is -2.31. The predicted molar refractivity (Wildman–Crippen MR) is 104 cm³/mol. The lowest BCUT2D eigenvalue weighted by molar-refractivity contribution is -0.126. The van der Waals surface area contributed by atoms with Crippen LogP contribution in [0.25, 0.3) is 11.3 Å². The maximum absolute atomic E-state index is 12.7. The first-order chi connectivity index (χ1) is 12.4. The molecule has 2 amide bonds. The number of H-pyrrole nitrogens is 1. The molecule has 26 heavy (non-hydrogen) atoms. The molecule has 1 aliphatic rings. The monoisotopic (exact) mass is 418 g/mol. The van der Waals surface area contributed by atoms with Crippen molar-refractivity contribution in [2.24, 2.45) is 5.92 Å². The van der Waals surface area contributed by atoms with Gasteiger partial charge in [0.25, 0.3) is 5.91 Å². The highest BCUT2D eigenvalue weighted by atomic mass is 79.9. The normalized spacial score (nSPS) is 15.3. The summed E-state index contributed by atoms with van der Waals surface area (Å²) in [5.41, 5.74) is 2.17. The number of halogens is 1. The van der Waals surface area contributed by atoms with E-state index in [1.54, 1.807) is 11.0 Å². The second kappa shape index (κ2) is 8.03. The number of nitrogens with one attached hydrogen (secondary N) is 2. The first kappa shape index (κ1) is 18.6. The number of benzene rings is 1. The van der Waals surface area contributed by atoms with Crippen molar-refractivity contribution in [2.75, 3.05) is 13.1 Å². The van der Waals surface area contributed by atoms with Gasteiger partial charge < -0.3 is 10.2 Å². The number of amides is 2. The van der Waals surface area contributed by atoms with Gasteiger partial charge in [-0.15, -0.1) is 0 Å². The van der Waals surface area contributed by atoms with E-state index in [2.05, 4.69) is 31.4 Å². The molecule has 1 saturated heterocycles. The van der Waals surface area contributed by atoms with Crippen LogP contribution in [0.2, 0.25) is 0 Å². The number of nitrogens with zero attached hydrogens (tertiary/aromatic N) is 2. The average molecular weight is 419 g/mol. The molecule has 2 N–H and O–H groups in total. The van der Waals surface area contributed by atoms with Gasteiger partial charge in [0, 0.05) is 35.1 Å². The zero-order valence-electron chi connectivity index (χ0n) is 15.0. The molecule has 0 bridgehead atoms. The molecule has 0 saturated carbocycles. The van der Waals surface area contributed by atoms with E-state index in [1.165, 1.54) is 0 Å². The van der Waals surface area contributed by atoms with Gasteiger partial charge in [-0.2, -0.15) is 5.10 Å². The Labute approximate surface area is 161 Å². The zero-order valence-corrected chi connectivity index (χ0v) is 16.5. The Hall–Kier alpha value is -2.15. The molecule has 1 aliphatic heterocycles. The number of piperidine rings is 1. The Morgan fingerprint density at radius 3 is 2.50 bits per heavy atom. The van der Waals surface area contributed by atoms with E-state index < -0.39 is 0 Å². The minimum absolute atomic E-state index is 0.0125. The third-order valence-corrected chi connectivity index (χ3v) is 5.06. The van der Waals surface area contributed by atoms with Crippen LogP contribution in [0.4, 0.5) is 0 Å². The quantitative estimate of drug-likeness (QED) is 0.799. The van der Waals surface area contributed by atoms with Crippen molar-refractivity contribution in [3.63, 3.8) is 0 Å². The molecule has 2 heterocycles. The Balaban J connectivity index is 1.61. The van der Waals surface area contributed by atoms with Crippen LogP contribution in [0.5, 0.6) is 0 Å². The van der Waals surface area contributed by atoms with Crippen molar-refractivity contribution in [2.45, 2.75) is 32.7 Å². The second-order valence-corrected chi connectivity index (χ2v) is 7.82. The SMILES string of the molecule is CC(C)NC(=O)C1CCN(C(=O)c2cc(-c3ccc(Br)cc3)n[nH]2)CC1. The highest BCUT2D eigenvalue weighted by Gasteiger charge is 2.28. The van der Waals surface area contributed by atoms with E-state index in [1.807, 2.05) is 38.1 Å². The van der Waals surface area contributed by atoms with Crippen LogP contribution in [0.15, 0.2) is 34.8 Å². The summed E-state index contributed by atoms with van der Waals surface area (Å²) in [7, 11) is 0. The van der Waals surface area contributed by atoms with Crippen molar-refractivity contribution in [1.82, 2.24) is 20.4 Å². The Morgan fingerprint density at radius 2 is 1.88 bits per heavy atom. The summed E-state index contributed by atoms with van der Waals surface area (Å²) >= 11 is 3.41. The smallest absolute Gasteiger partial charge is 0.271 e. The zero-order chi connectivity index (χ0) is 18.7. The number of hydrogen-bond acceptors (Lipinski definition) is 3. The molecule has 7 heteroatoms. The van der Waals surface area contributed by atoms with E-state index in [-0.39, 0.29) is 23.8 Å². The van der Waals surface area contributed by atoms with Crippen molar-refractivity contribution >= 4 is 27.7 Å². The maximum atomic E-state index is 12.7. The second-order valence-electron chi connectivity index (χ2n) is 6.90. The third kappa shape index (κ3) is 4.33. The van der Waals surface area contributed by atoms with Crippen molar-refractivity contribution in [3.05, 3.63) is 40.5 Å². The van der Waals surface area contributed by atoms with Crippen molar-refractivity contribution in [1.29, 1.82) is 0 Å². The lowest BCUT2D eigenvalue weighted by atomic mass is 9.95. The standard InChI is InChI=1S/C19H23BrN4O2/c1-12(2)21-18(25)14-7-9-24(10-8-14)19(26)17-11-16(22-23-17)13-3-5-15(20)6-4-13/h3-6,11-12,14H,7-10H2,1-2H3,(H,21,25)(H,22,23). The molecule has 1 aromatic carbocycles. The molecule has 2 aromatic rings. The molecule has 3 rings (SSSR count). The molecule has 1 aromatic heterocycles. The summed E-state index contributed by atoms with van der Waals surface area (Å²) < 4.78 is 0.998. The first-order valence-electron chi connectivity index (χ1n) is 8.85. The van der Waals surface area contributed by atoms with Gasteiger partial charge in [-0.1, -0.05) is 28.1 Å². The fourth-order valence-electron chi connectivity index (χ4n) is 3.12. The van der Waals surface area contributed by atoms with Crippen LogP contribution in [0.1, 0.15) is 37.2 Å². The minimum Gasteiger partial charge on any atom is -0.354 e. The van der Waals surface area contributed by atoms with Crippen LogP contribution < -0.4 is 5.32 Å². The summed E-state index contributed by atoms with van der Waals surface area (Å²) in [6.07, 6.45) is 1.38. The van der Waals surface area contributed by atoms with Crippen molar-refractivity contribution < 1.29 is 9.59 Å². The number of likely N-dealkylation sites (tertiary alicyclic amines) is 1. The molecule has 6 nitrogen and oxygen atoms in total. The summed E-state index contributed by atoms with van der Waals surface area (Å²) in [4.78, 5) is 26.6. The van der Waals surface area contributed by atoms with Crippen LogP contribution in [0, 0.1) is 5.92 Å². The Bertz CT molecular complexity index is 777. The Kier molecular flexibility index (Phi) is 5.76. The number of carbonyl (C=O) groups is 2. The highest BCUT2D eigenvalue weighted by molar-refractivity contribution is 9.10. The van der Waals surface area contributed by atoms with Gasteiger partial charge in [-0.25, -0.2) is 0 Å². The largest absolute Gasteiger partial charge is 0.354 e. The molecule has 0 atom stereocenters. The van der Waals surface area contributed by atoms with Crippen LogP contribution >= 0.6 is 15.9 Å². The molecule has 0 radical (unpaired) electrons. The first-order valence-corrected chi connectivity index (χ1v) is 9.64. The van der Waals surface area contributed by atoms with Gasteiger partial charge in [0.05, 0.1) is 5.69 Å². The van der Waals surface area contributed by atoms with E-state index in [0.717, 1.165) is 15.7 Å². The van der Waals surface area contributed by atoms with Crippen LogP contribution in [0.3, 0.4) is 0 Å². The van der Waals surface area contributed by atoms with E-state index in [4.69, 9.17) is 0 Å². The highest BCUT2D eigenvalue weighted by Crippen LogP contribution is 2.23. The van der Waals surface area contributed by atoms with Crippen molar-refractivity contribution in [3.8, 4) is 11.3 Å². The van der Waals surface area contributed by atoms with Gasteiger partial charge in [-0.05, 0) is 44.9 Å². The summed E-state index contributed by atoms with van der Waals surface area (Å²) in [6, 6.07) is 9.71. The molecular formula is C19H23BrN4O2. The summed E-state index contributed by atoms with van der Waals surface area (Å²) in [5.74, 6) is 0.0105. The summed E-state index contributed by atoms with van der Waals surface area (Å²) in [6.45, 7) is 5.08. The lowest BCUT2D eigenvalue weighted by Crippen LogP contribution is -2.44. The van der Waals surface area contributed by atoms with E-state index >= 15 is 0 Å². The minimum atomic E-state index is -0.0661. The summed E-state index contributed by atoms with van der Waals surface area (Å²) in [5, 5.41) is 10.1. The van der Waals surface area contributed by atoms with Gasteiger partial charge in [0.15, 0.2) is 0 Å². The Morgan fingerprint density at radius 1 is 1.23 bits per heavy atom. The third-order valence-electron chi connectivity index (χ3n) is 4.53. The fraction of sp³-hybridized carbons (Fsp3) is 0.421. The number of aromatic nitrogens is 2. The number of aromatic amines is 1. The molecule has 1 fully saturated rings. The van der Waals surface area contributed by atoms with Gasteiger partial charge >= 0.3 is 0 Å².